The molecular weight excluding hydrogens is 196 g/mol. The van der Waals surface area contributed by atoms with E-state index >= 15 is 0 Å². The van der Waals surface area contributed by atoms with Crippen LogP contribution in [0.25, 0.3) is 0 Å². The van der Waals surface area contributed by atoms with Gasteiger partial charge in [0.1, 0.15) is 0 Å². The van der Waals surface area contributed by atoms with Gasteiger partial charge in [-0.2, -0.15) is 0 Å². The Morgan fingerprint density at radius 3 is 2.56 bits per heavy atom. The van der Waals surface area contributed by atoms with Crippen LogP contribution in [0.15, 0.2) is 23.8 Å². The van der Waals surface area contributed by atoms with Crippen LogP contribution in [-0.4, -0.2) is 5.78 Å². The Balaban J connectivity index is 2.47. The topological polar surface area (TPSA) is 17.1 Å². The highest BCUT2D eigenvalue weighted by molar-refractivity contribution is 5.90. The summed E-state index contributed by atoms with van der Waals surface area (Å²) in [5.74, 6) is 2.08. The minimum Gasteiger partial charge on any atom is -0.295 e. The maximum atomic E-state index is 11.7. The third-order valence-corrected chi connectivity index (χ3v) is 3.35. The molecule has 0 amide bonds. The van der Waals surface area contributed by atoms with Gasteiger partial charge in [0.2, 0.25) is 0 Å². The lowest BCUT2D eigenvalue weighted by atomic mass is 9.80. The second-order valence-corrected chi connectivity index (χ2v) is 5.47. The first-order chi connectivity index (χ1) is 7.49. The van der Waals surface area contributed by atoms with E-state index in [0.29, 0.717) is 18.3 Å². The summed E-state index contributed by atoms with van der Waals surface area (Å²) in [7, 11) is 0. The Labute approximate surface area is 99.6 Å². The predicted octanol–water partition coefficient (Wildman–Crippen LogP) is 4.15. The second-order valence-electron chi connectivity index (χ2n) is 5.47. The lowest BCUT2D eigenvalue weighted by Crippen LogP contribution is -2.17. The smallest absolute Gasteiger partial charge is 0.155 e. The zero-order valence-corrected chi connectivity index (χ0v) is 11.0. The first-order valence-corrected chi connectivity index (χ1v) is 6.35. The van der Waals surface area contributed by atoms with Crippen LogP contribution in [0.3, 0.4) is 0 Å². The molecule has 0 radical (unpaired) electrons. The van der Waals surface area contributed by atoms with Gasteiger partial charge in [0, 0.05) is 6.42 Å². The van der Waals surface area contributed by atoms with E-state index in [1.165, 1.54) is 12.8 Å². The summed E-state index contributed by atoms with van der Waals surface area (Å²) in [6, 6.07) is 0. The number of hydrogen-bond acceptors (Lipinski definition) is 1. The summed E-state index contributed by atoms with van der Waals surface area (Å²) in [6.07, 6.45) is 9.58. The van der Waals surface area contributed by atoms with E-state index < -0.39 is 0 Å². The van der Waals surface area contributed by atoms with Gasteiger partial charge < -0.3 is 0 Å². The lowest BCUT2D eigenvalue weighted by Gasteiger charge is -2.25. The molecule has 0 N–H and O–H groups in total. The molecule has 0 aromatic carbocycles. The summed E-state index contributed by atoms with van der Waals surface area (Å²) >= 11 is 0. The first-order valence-electron chi connectivity index (χ1n) is 6.35. The van der Waals surface area contributed by atoms with Gasteiger partial charge in [0.25, 0.3) is 0 Å². The van der Waals surface area contributed by atoms with Crippen LogP contribution in [0.4, 0.5) is 0 Å². The van der Waals surface area contributed by atoms with Crippen molar-refractivity contribution >= 4 is 5.78 Å². The van der Waals surface area contributed by atoms with E-state index in [4.69, 9.17) is 0 Å². The van der Waals surface area contributed by atoms with Gasteiger partial charge in [-0.15, -0.1) is 0 Å². The summed E-state index contributed by atoms with van der Waals surface area (Å²) in [4.78, 5) is 11.7. The van der Waals surface area contributed by atoms with Crippen molar-refractivity contribution in [1.82, 2.24) is 0 Å². The van der Waals surface area contributed by atoms with Crippen molar-refractivity contribution in [2.45, 2.75) is 47.0 Å². The van der Waals surface area contributed by atoms with Crippen LogP contribution in [0.2, 0.25) is 0 Å². The van der Waals surface area contributed by atoms with Gasteiger partial charge in [-0.05, 0) is 50.5 Å². The van der Waals surface area contributed by atoms with Gasteiger partial charge >= 0.3 is 0 Å². The fraction of sp³-hybridized carbons (Fsp3) is 0.667. The number of carbonyl (C=O) groups excluding carboxylic acids is 1. The zero-order chi connectivity index (χ0) is 12.1. The zero-order valence-electron chi connectivity index (χ0n) is 11.0. The molecule has 0 heterocycles. The van der Waals surface area contributed by atoms with Crippen LogP contribution in [-0.2, 0) is 4.79 Å². The van der Waals surface area contributed by atoms with E-state index in [0.717, 1.165) is 11.5 Å². The maximum absolute atomic E-state index is 11.7. The molecule has 3 unspecified atom stereocenters. The molecule has 0 saturated carbocycles. The molecule has 1 rings (SSSR count). The van der Waals surface area contributed by atoms with Gasteiger partial charge in [0.15, 0.2) is 5.78 Å². The third kappa shape index (κ3) is 4.34. The summed E-state index contributed by atoms with van der Waals surface area (Å²) in [5, 5.41) is 0. The summed E-state index contributed by atoms with van der Waals surface area (Å²) < 4.78 is 0. The minimum atomic E-state index is 0.277. The van der Waals surface area contributed by atoms with E-state index in [9.17, 15) is 4.79 Å². The average molecular weight is 220 g/mol. The quantitative estimate of drug-likeness (QED) is 0.514. The number of allylic oxidation sites excluding steroid dienone is 4. The van der Waals surface area contributed by atoms with Gasteiger partial charge in [-0.1, -0.05) is 31.6 Å². The fourth-order valence-corrected chi connectivity index (χ4v) is 2.30. The minimum absolute atomic E-state index is 0.277. The molecule has 1 aliphatic rings. The molecule has 0 aromatic heterocycles. The van der Waals surface area contributed by atoms with Gasteiger partial charge in [0.05, 0.1) is 0 Å². The summed E-state index contributed by atoms with van der Waals surface area (Å²) in [6.45, 7) is 8.41. The molecule has 0 fully saturated rings. The standard InChI is InChI=1S/C15H24O/c1-11(2)9-15(16)10-13(4)14-7-5-12(3)6-8-14/h5,7,9,12-14H,6,8,10H2,1-4H3. The van der Waals surface area contributed by atoms with Gasteiger partial charge in [-0.3, -0.25) is 4.79 Å². The highest BCUT2D eigenvalue weighted by Gasteiger charge is 2.20. The number of carbonyl (C=O) groups is 1. The molecule has 0 spiro atoms. The molecule has 90 valence electrons. The molecule has 1 heteroatoms. The molecule has 1 nitrogen and oxygen atoms in total. The lowest BCUT2D eigenvalue weighted by molar-refractivity contribution is -0.115. The normalized spacial score (nSPS) is 26.2. The van der Waals surface area contributed by atoms with Crippen molar-refractivity contribution in [2.75, 3.05) is 0 Å². The van der Waals surface area contributed by atoms with E-state index in [2.05, 4.69) is 26.0 Å². The van der Waals surface area contributed by atoms with Gasteiger partial charge in [-0.25, -0.2) is 0 Å². The van der Waals surface area contributed by atoms with Crippen LogP contribution < -0.4 is 0 Å². The Morgan fingerprint density at radius 1 is 1.38 bits per heavy atom. The van der Waals surface area contributed by atoms with Crippen LogP contribution >= 0.6 is 0 Å². The molecule has 16 heavy (non-hydrogen) atoms. The molecule has 0 bridgehead atoms. The Kier molecular flexibility index (Phi) is 4.98. The summed E-state index contributed by atoms with van der Waals surface area (Å²) in [5.41, 5.74) is 1.10. The molecular formula is C15H24O. The first kappa shape index (κ1) is 13.2. The number of hydrogen-bond donors (Lipinski definition) is 0. The largest absolute Gasteiger partial charge is 0.295 e. The van der Waals surface area contributed by atoms with E-state index in [1.54, 1.807) is 6.08 Å². The average Bonchev–Trinajstić information content (AvgIpc) is 2.16. The molecule has 0 aliphatic heterocycles. The van der Waals surface area contributed by atoms with Crippen LogP contribution in [0.5, 0.6) is 0 Å². The van der Waals surface area contributed by atoms with Crippen molar-refractivity contribution in [2.24, 2.45) is 17.8 Å². The van der Waals surface area contributed by atoms with Crippen LogP contribution in [0, 0.1) is 17.8 Å². The molecule has 3 atom stereocenters. The molecule has 0 saturated heterocycles. The fourth-order valence-electron chi connectivity index (χ4n) is 2.30. The Bertz CT molecular complexity index is 295. The van der Waals surface area contributed by atoms with Crippen molar-refractivity contribution in [3.8, 4) is 0 Å². The SMILES string of the molecule is CC(C)=CC(=O)CC(C)C1C=CC(C)CC1. The maximum Gasteiger partial charge on any atom is 0.155 e. The van der Waals surface area contributed by atoms with E-state index in [-0.39, 0.29) is 5.78 Å². The molecule has 1 aliphatic carbocycles. The number of ketones is 1. The van der Waals surface area contributed by atoms with Crippen LogP contribution in [0.1, 0.15) is 47.0 Å². The highest BCUT2D eigenvalue weighted by Crippen LogP contribution is 2.29. The van der Waals surface area contributed by atoms with E-state index in [1.807, 2.05) is 13.8 Å². The third-order valence-electron chi connectivity index (χ3n) is 3.35. The van der Waals surface area contributed by atoms with Crippen molar-refractivity contribution in [3.05, 3.63) is 23.8 Å². The molecule has 0 aromatic rings. The van der Waals surface area contributed by atoms with Crippen molar-refractivity contribution in [3.63, 3.8) is 0 Å². The predicted molar refractivity (Wildman–Crippen MR) is 69.2 cm³/mol. The Morgan fingerprint density at radius 2 is 2.06 bits per heavy atom. The van der Waals surface area contributed by atoms with Crippen molar-refractivity contribution < 1.29 is 4.79 Å². The van der Waals surface area contributed by atoms with Crippen molar-refractivity contribution in [1.29, 1.82) is 0 Å². The monoisotopic (exact) mass is 220 g/mol. The second kappa shape index (κ2) is 6.03. The Hall–Kier alpha value is -0.850. The number of rotatable bonds is 4. The highest BCUT2D eigenvalue weighted by atomic mass is 16.1.